The quantitative estimate of drug-likeness (QED) is 0.642. The summed E-state index contributed by atoms with van der Waals surface area (Å²) in [6, 6.07) is 11.6. The van der Waals surface area contributed by atoms with E-state index in [9.17, 15) is 0 Å². The number of nitrogens with one attached hydrogen (secondary N) is 2. The average molecular weight is 423 g/mol. The second-order valence-electron chi connectivity index (χ2n) is 5.38. The molecule has 2 aromatic carbocycles. The third-order valence-corrected chi connectivity index (χ3v) is 4.34. The Hall–Kier alpha value is -1.30. The fourth-order valence-corrected chi connectivity index (χ4v) is 2.65. The van der Waals surface area contributed by atoms with Gasteiger partial charge in [-0.15, -0.1) is 24.8 Å². The molecule has 8 heteroatoms. The lowest BCUT2D eigenvalue weighted by molar-refractivity contribution is 0.415. The molecular formula is C17H19Cl4N3O. The second kappa shape index (κ2) is 9.41. The molecule has 0 amide bonds. The number of hydrogen-bond acceptors (Lipinski definition) is 4. The van der Waals surface area contributed by atoms with Gasteiger partial charge in [0.1, 0.15) is 11.6 Å². The number of benzene rings is 2. The minimum Gasteiger partial charge on any atom is -0.456 e. The summed E-state index contributed by atoms with van der Waals surface area (Å²) in [7, 11) is 0. The molecule has 136 valence electrons. The van der Waals surface area contributed by atoms with Crippen LogP contribution in [0.2, 0.25) is 10.0 Å². The van der Waals surface area contributed by atoms with Crippen molar-refractivity contribution in [2.24, 2.45) is 5.73 Å². The fourth-order valence-electron chi connectivity index (χ4n) is 2.33. The van der Waals surface area contributed by atoms with Crippen molar-refractivity contribution < 1.29 is 4.74 Å². The number of rotatable bonds is 4. The minimum absolute atomic E-state index is 0. The third kappa shape index (κ3) is 5.33. The summed E-state index contributed by atoms with van der Waals surface area (Å²) in [6.07, 6.45) is 0. The number of fused-ring (bicyclic) bond motifs is 1. The van der Waals surface area contributed by atoms with Crippen molar-refractivity contribution in [2.45, 2.75) is 20.0 Å². The van der Waals surface area contributed by atoms with Crippen molar-refractivity contribution in [3.05, 3.63) is 69.2 Å². The van der Waals surface area contributed by atoms with Gasteiger partial charge in [-0.3, -0.25) is 0 Å². The maximum Gasteiger partial charge on any atom is 0.150 e. The Bertz CT molecular complexity index is 780. The Morgan fingerprint density at radius 1 is 1.00 bits per heavy atom. The number of ether oxygens (including phenoxy) is 1. The summed E-state index contributed by atoms with van der Waals surface area (Å²) < 4.78 is 5.64. The number of allylic oxidation sites excluding steroid dienone is 1. The van der Waals surface area contributed by atoms with Crippen molar-refractivity contribution in [2.75, 3.05) is 5.32 Å². The summed E-state index contributed by atoms with van der Waals surface area (Å²) in [5.41, 5.74) is 8.94. The summed E-state index contributed by atoms with van der Waals surface area (Å²) >= 11 is 11.9. The van der Waals surface area contributed by atoms with Gasteiger partial charge in [0, 0.05) is 13.1 Å². The van der Waals surface area contributed by atoms with Crippen molar-refractivity contribution >= 4 is 53.7 Å². The molecule has 0 spiro atoms. The van der Waals surface area contributed by atoms with Crippen LogP contribution in [-0.4, -0.2) is 0 Å². The largest absolute Gasteiger partial charge is 0.456 e. The van der Waals surface area contributed by atoms with E-state index in [1.165, 1.54) is 0 Å². The van der Waals surface area contributed by atoms with E-state index in [0.717, 1.165) is 29.1 Å². The van der Waals surface area contributed by atoms with Gasteiger partial charge >= 0.3 is 0 Å². The van der Waals surface area contributed by atoms with Crippen LogP contribution in [0.4, 0.5) is 5.69 Å². The molecule has 0 saturated heterocycles. The highest BCUT2D eigenvalue weighted by molar-refractivity contribution is 6.42. The highest BCUT2D eigenvalue weighted by Crippen LogP contribution is 2.32. The van der Waals surface area contributed by atoms with Gasteiger partial charge in [-0.1, -0.05) is 35.3 Å². The number of anilines is 1. The third-order valence-electron chi connectivity index (χ3n) is 3.60. The predicted molar refractivity (Wildman–Crippen MR) is 109 cm³/mol. The number of halogens is 4. The Morgan fingerprint density at radius 2 is 1.64 bits per heavy atom. The summed E-state index contributed by atoms with van der Waals surface area (Å²) in [5, 5.41) is 7.66. The smallest absolute Gasteiger partial charge is 0.150 e. The van der Waals surface area contributed by atoms with Gasteiger partial charge < -0.3 is 21.1 Å². The van der Waals surface area contributed by atoms with E-state index in [0.29, 0.717) is 28.2 Å². The second-order valence-corrected chi connectivity index (χ2v) is 6.19. The first-order valence-corrected chi connectivity index (χ1v) is 7.97. The molecule has 25 heavy (non-hydrogen) atoms. The maximum atomic E-state index is 6.02. The molecule has 1 aliphatic heterocycles. The Kier molecular flexibility index (Phi) is 8.19. The monoisotopic (exact) mass is 421 g/mol. The lowest BCUT2D eigenvalue weighted by Crippen LogP contribution is -2.19. The van der Waals surface area contributed by atoms with Crippen molar-refractivity contribution in [1.29, 1.82) is 0 Å². The van der Waals surface area contributed by atoms with Crippen LogP contribution >= 0.6 is 48.0 Å². The van der Waals surface area contributed by atoms with Crippen molar-refractivity contribution in [3.63, 3.8) is 0 Å². The molecule has 0 aliphatic carbocycles. The highest BCUT2D eigenvalue weighted by Gasteiger charge is 2.14. The van der Waals surface area contributed by atoms with Gasteiger partial charge in [-0.25, -0.2) is 0 Å². The first-order chi connectivity index (χ1) is 11.0. The van der Waals surface area contributed by atoms with E-state index in [1.807, 2.05) is 37.3 Å². The van der Waals surface area contributed by atoms with Crippen LogP contribution in [0, 0.1) is 0 Å². The fraction of sp³-hybridized carbons (Fsp3) is 0.176. The van der Waals surface area contributed by atoms with Crippen LogP contribution in [-0.2, 0) is 13.1 Å². The van der Waals surface area contributed by atoms with Gasteiger partial charge in [-0.05, 0) is 42.3 Å². The van der Waals surface area contributed by atoms with Crippen LogP contribution < -0.4 is 21.1 Å². The predicted octanol–water partition coefficient (Wildman–Crippen LogP) is 5.08. The van der Waals surface area contributed by atoms with Crippen LogP contribution in [0.25, 0.3) is 0 Å². The molecule has 0 saturated carbocycles. The molecular weight excluding hydrogens is 404 g/mol. The van der Waals surface area contributed by atoms with Crippen LogP contribution in [0.5, 0.6) is 5.75 Å². The van der Waals surface area contributed by atoms with E-state index in [4.69, 9.17) is 33.7 Å². The molecule has 2 aromatic rings. The molecule has 3 rings (SSSR count). The van der Waals surface area contributed by atoms with E-state index in [-0.39, 0.29) is 24.8 Å². The Labute approximate surface area is 169 Å². The van der Waals surface area contributed by atoms with Crippen molar-refractivity contribution in [3.8, 4) is 5.75 Å². The standard InChI is InChI=1S/C17H17Cl2N3O.2ClH/c1-10-17(20)22-15-7-12(3-5-16(15)23-10)9-21-8-11-2-4-13(18)14(19)6-11;;/h2-7,21-22H,8-9,20H2,1H3;2*1H. The molecule has 1 aliphatic rings. The van der Waals surface area contributed by atoms with Gasteiger partial charge in [-0.2, -0.15) is 0 Å². The van der Waals surface area contributed by atoms with E-state index in [1.54, 1.807) is 6.07 Å². The summed E-state index contributed by atoms with van der Waals surface area (Å²) in [5.74, 6) is 2.01. The number of hydrogen-bond donors (Lipinski definition) is 3. The zero-order valence-electron chi connectivity index (χ0n) is 13.4. The summed E-state index contributed by atoms with van der Waals surface area (Å²) in [6.45, 7) is 3.26. The van der Waals surface area contributed by atoms with Crippen LogP contribution in [0.15, 0.2) is 48.0 Å². The van der Waals surface area contributed by atoms with E-state index in [2.05, 4.69) is 10.6 Å². The van der Waals surface area contributed by atoms with E-state index >= 15 is 0 Å². The Balaban J connectivity index is 0.00000156. The van der Waals surface area contributed by atoms with Gasteiger partial charge in [0.25, 0.3) is 0 Å². The molecule has 1 heterocycles. The van der Waals surface area contributed by atoms with E-state index < -0.39 is 0 Å². The topological polar surface area (TPSA) is 59.3 Å². The SMILES string of the molecule is CC1=C(N)Nc2cc(CNCc3ccc(Cl)c(Cl)c3)ccc2O1.Cl.Cl. The maximum absolute atomic E-state index is 6.02. The minimum atomic E-state index is 0. The first-order valence-electron chi connectivity index (χ1n) is 7.22. The van der Waals surface area contributed by atoms with Gasteiger partial charge in [0.2, 0.25) is 0 Å². The van der Waals surface area contributed by atoms with Gasteiger partial charge in [0.15, 0.2) is 5.75 Å². The Morgan fingerprint density at radius 3 is 2.32 bits per heavy atom. The van der Waals surface area contributed by atoms with Gasteiger partial charge in [0.05, 0.1) is 15.7 Å². The average Bonchev–Trinajstić information content (AvgIpc) is 2.52. The highest BCUT2D eigenvalue weighted by atomic mass is 35.5. The van der Waals surface area contributed by atoms with Crippen molar-refractivity contribution in [1.82, 2.24) is 5.32 Å². The molecule has 0 aromatic heterocycles. The molecule has 0 unspecified atom stereocenters. The molecule has 4 N–H and O–H groups in total. The summed E-state index contributed by atoms with van der Waals surface area (Å²) in [4.78, 5) is 0. The zero-order valence-corrected chi connectivity index (χ0v) is 16.6. The number of nitrogens with two attached hydrogens (primary N) is 1. The van der Waals surface area contributed by atoms with Crippen LogP contribution in [0.3, 0.4) is 0 Å². The van der Waals surface area contributed by atoms with Crippen LogP contribution in [0.1, 0.15) is 18.1 Å². The molecule has 0 fully saturated rings. The first kappa shape index (κ1) is 21.7. The molecule has 0 bridgehead atoms. The molecule has 4 nitrogen and oxygen atoms in total. The molecule has 0 atom stereocenters. The molecule has 0 radical (unpaired) electrons. The lowest BCUT2D eigenvalue weighted by atomic mass is 10.1. The normalized spacial score (nSPS) is 12.3. The lowest BCUT2D eigenvalue weighted by Gasteiger charge is -2.21. The zero-order chi connectivity index (χ0) is 16.4.